The van der Waals surface area contributed by atoms with Gasteiger partial charge < -0.3 is 9.05 Å². The van der Waals surface area contributed by atoms with E-state index in [4.69, 9.17) is 9.05 Å². The van der Waals surface area contributed by atoms with Gasteiger partial charge in [-0.15, -0.1) is 0 Å². The molecule has 19 heavy (non-hydrogen) atoms. The molecule has 0 radical (unpaired) electrons. The molecule has 6 nitrogen and oxygen atoms in total. The standard InChI is InChI=1S/C12H21N2O4P/c1-6-10(15)12-11(7-13-14-12)19(16,17-8(2)3)18-9(4)5/h7-9H,6H2,1-5H3,(H,13,14). The first-order valence-corrected chi connectivity index (χ1v) is 7.88. The second kappa shape index (κ2) is 6.46. The third kappa shape index (κ3) is 4.00. The molecule has 0 fully saturated rings. The molecule has 0 aliphatic heterocycles. The summed E-state index contributed by atoms with van der Waals surface area (Å²) >= 11 is 0. The second-order valence-corrected chi connectivity index (χ2v) is 6.61. The number of hydrogen-bond acceptors (Lipinski definition) is 5. The highest BCUT2D eigenvalue weighted by molar-refractivity contribution is 7.62. The topological polar surface area (TPSA) is 81.3 Å². The molecule has 0 saturated carbocycles. The molecule has 0 aromatic carbocycles. The number of carbonyl (C=O) groups is 1. The van der Waals surface area contributed by atoms with Gasteiger partial charge in [0.05, 0.1) is 18.4 Å². The zero-order valence-corrected chi connectivity index (χ0v) is 12.9. The van der Waals surface area contributed by atoms with E-state index in [2.05, 4.69) is 10.2 Å². The predicted octanol–water partition coefficient (Wildman–Crippen LogP) is 2.67. The van der Waals surface area contributed by atoms with Gasteiger partial charge in [-0.25, -0.2) is 0 Å². The first-order chi connectivity index (χ1) is 8.80. The zero-order valence-electron chi connectivity index (χ0n) is 12.0. The van der Waals surface area contributed by atoms with Gasteiger partial charge in [0, 0.05) is 6.42 Å². The fraction of sp³-hybridized carbons (Fsp3) is 0.667. The lowest BCUT2D eigenvalue weighted by Gasteiger charge is -2.22. The van der Waals surface area contributed by atoms with Crippen LogP contribution in [0.4, 0.5) is 0 Å². The van der Waals surface area contributed by atoms with Crippen molar-refractivity contribution in [2.45, 2.75) is 53.2 Å². The fourth-order valence-corrected chi connectivity index (χ4v) is 3.60. The van der Waals surface area contributed by atoms with Crippen molar-refractivity contribution in [2.75, 3.05) is 0 Å². The van der Waals surface area contributed by atoms with Crippen LogP contribution in [-0.4, -0.2) is 28.2 Å². The van der Waals surface area contributed by atoms with E-state index in [1.165, 1.54) is 6.20 Å². The van der Waals surface area contributed by atoms with E-state index in [1.807, 2.05) is 0 Å². The van der Waals surface area contributed by atoms with Gasteiger partial charge in [-0.05, 0) is 27.7 Å². The van der Waals surface area contributed by atoms with Crippen LogP contribution in [0.3, 0.4) is 0 Å². The SMILES string of the molecule is CCC(=O)c1[nH]ncc1P(=O)(OC(C)C)OC(C)C. The fourth-order valence-electron chi connectivity index (χ4n) is 1.56. The molecule has 0 bridgehead atoms. The lowest BCUT2D eigenvalue weighted by Crippen LogP contribution is -2.20. The Balaban J connectivity index is 3.22. The highest BCUT2D eigenvalue weighted by atomic mass is 31.2. The molecule has 7 heteroatoms. The molecule has 0 amide bonds. The third-order valence-electron chi connectivity index (χ3n) is 2.21. The minimum absolute atomic E-state index is 0.174. The van der Waals surface area contributed by atoms with E-state index in [1.54, 1.807) is 34.6 Å². The van der Waals surface area contributed by atoms with Crippen molar-refractivity contribution in [2.24, 2.45) is 0 Å². The Morgan fingerprint density at radius 2 is 1.84 bits per heavy atom. The molecule has 1 aromatic heterocycles. The van der Waals surface area contributed by atoms with E-state index < -0.39 is 7.60 Å². The van der Waals surface area contributed by atoms with Crippen molar-refractivity contribution in [3.05, 3.63) is 11.9 Å². The zero-order chi connectivity index (χ0) is 14.6. The van der Waals surface area contributed by atoms with Crippen LogP contribution in [-0.2, 0) is 13.6 Å². The Morgan fingerprint density at radius 3 is 2.26 bits per heavy atom. The Morgan fingerprint density at radius 1 is 1.32 bits per heavy atom. The van der Waals surface area contributed by atoms with Gasteiger partial charge in [-0.1, -0.05) is 6.92 Å². The number of H-pyrrole nitrogens is 1. The summed E-state index contributed by atoms with van der Waals surface area (Å²) in [6.07, 6.45) is 1.06. The highest BCUT2D eigenvalue weighted by Gasteiger charge is 2.35. The number of rotatable bonds is 7. The maximum absolute atomic E-state index is 12.9. The number of carbonyl (C=O) groups excluding carboxylic acids is 1. The molecule has 1 N–H and O–H groups in total. The van der Waals surface area contributed by atoms with Gasteiger partial charge in [0.1, 0.15) is 11.0 Å². The van der Waals surface area contributed by atoms with Gasteiger partial charge in [-0.2, -0.15) is 5.10 Å². The summed E-state index contributed by atoms with van der Waals surface area (Å²) in [5.41, 5.74) is 0.201. The summed E-state index contributed by atoms with van der Waals surface area (Å²) in [5, 5.41) is 6.58. The molecule has 0 atom stereocenters. The van der Waals surface area contributed by atoms with Gasteiger partial charge in [0.25, 0.3) is 0 Å². The number of hydrogen-bond donors (Lipinski definition) is 1. The van der Waals surface area contributed by atoms with Gasteiger partial charge in [0.15, 0.2) is 5.78 Å². The second-order valence-electron chi connectivity index (χ2n) is 4.71. The van der Waals surface area contributed by atoms with Crippen molar-refractivity contribution in [1.29, 1.82) is 0 Å². The molecular weight excluding hydrogens is 267 g/mol. The number of aromatic amines is 1. The van der Waals surface area contributed by atoms with E-state index in [-0.39, 0.29) is 29.0 Å². The Labute approximate surface area is 113 Å². The number of nitrogens with zero attached hydrogens (tertiary/aromatic N) is 1. The molecule has 1 heterocycles. The molecular formula is C12H21N2O4P. The summed E-state index contributed by atoms with van der Waals surface area (Å²) in [5.74, 6) is -0.174. The van der Waals surface area contributed by atoms with Crippen molar-refractivity contribution in [3.8, 4) is 0 Å². The quantitative estimate of drug-likeness (QED) is 0.616. The minimum Gasteiger partial charge on any atom is -0.302 e. The van der Waals surface area contributed by atoms with Crippen LogP contribution in [0.2, 0.25) is 0 Å². The van der Waals surface area contributed by atoms with Gasteiger partial charge in [0.2, 0.25) is 0 Å². The van der Waals surface area contributed by atoms with Crippen molar-refractivity contribution in [1.82, 2.24) is 10.2 Å². The van der Waals surface area contributed by atoms with E-state index in [0.717, 1.165) is 0 Å². The van der Waals surface area contributed by atoms with E-state index >= 15 is 0 Å². The highest BCUT2D eigenvalue weighted by Crippen LogP contribution is 2.49. The first kappa shape index (κ1) is 16.1. The minimum atomic E-state index is -3.56. The maximum Gasteiger partial charge on any atom is 0.365 e. The number of Topliss-reactive ketones (excluding diaryl/α,β-unsaturated/α-hetero) is 1. The molecule has 108 valence electrons. The van der Waals surface area contributed by atoms with Crippen LogP contribution in [0.25, 0.3) is 0 Å². The lowest BCUT2D eigenvalue weighted by molar-refractivity contribution is 0.0982. The molecule has 1 aromatic rings. The third-order valence-corrected chi connectivity index (χ3v) is 4.54. The smallest absolute Gasteiger partial charge is 0.302 e. The largest absolute Gasteiger partial charge is 0.365 e. The number of ketones is 1. The molecule has 0 spiro atoms. The van der Waals surface area contributed by atoms with Crippen molar-refractivity contribution in [3.63, 3.8) is 0 Å². The molecule has 0 saturated heterocycles. The van der Waals surface area contributed by atoms with E-state index in [9.17, 15) is 9.36 Å². The maximum atomic E-state index is 12.9. The molecule has 0 aliphatic carbocycles. The van der Waals surface area contributed by atoms with E-state index in [0.29, 0.717) is 6.42 Å². The van der Waals surface area contributed by atoms with Gasteiger partial charge >= 0.3 is 7.60 Å². The van der Waals surface area contributed by atoms with Crippen LogP contribution in [0.5, 0.6) is 0 Å². The first-order valence-electron chi connectivity index (χ1n) is 6.34. The lowest BCUT2D eigenvalue weighted by atomic mass is 10.2. The Kier molecular flexibility index (Phi) is 5.47. The molecule has 1 rings (SSSR count). The summed E-state index contributed by atoms with van der Waals surface area (Å²) in [4.78, 5) is 11.8. The Bertz CT molecular complexity index is 468. The Hall–Kier alpha value is -0.970. The monoisotopic (exact) mass is 288 g/mol. The van der Waals surface area contributed by atoms with Crippen LogP contribution in [0.1, 0.15) is 51.5 Å². The average Bonchev–Trinajstić information content (AvgIpc) is 2.75. The number of nitrogens with one attached hydrogen (secondary N) is 1. The normalized spacial score (nSPS) is 12.4. The average molecular weight is 288 g/mol. The van der Waals surface area contributed by atoms with Gasteiger partial charge in [-0.3, -0.25) is 14.5 Å². The van der Waals surface area contributed by atoms with Crippen LogP contribution in [0.15, 0.2) is 6.20 Å². The van der Waals surface area contributed by atoms with Crippen molar-refractivity contribution >= 4 is 18.7 Å². The summed E-state index contributed by atoms with van der Waals surface area (Å²) in [7, 11) is -3.56. The predicted molar refractivity (Wildman–Crippen MR) is 72.9 cm³/mol. The van der Waals surface area contributed by atoms with Crippen LogP contribution < -0.4 is 5.30 Å². The summed E-state index contributed by atoms with van der Waals surface area (Å²) < 4.78 is 23.8. The van der Waals surface area contributed by atoms with Crippen LogP contribution >= 0.6 is 7.60 Å². The summed E-state index contributed by atoms with van der Waals surface area (Å²) in [6, 6.07) is 0. The molecule has 0 unspecified atom stereocenters. The number of aromatic nitrogens is 2. The van der Waals surface area contributed by atoms with Crippen LogP contribution in [0, 0.1) is 0 Å². The molecule has 0 aliphatic rings. The summed E-state index contributed by atoms with van der Waals surface area (Å²) in [6.45, 7) is 8.77. The van der Waals surface area contributed by atoms with Crippen molar-refractivity contribution < 1.29 is 18.4 Å².